The molecule has 2 fully saturated rings. The number of amides is 1. The molecule has 0 aromatic heterocycles. The van der Waals surface area contributed by atoms with Crippen molar-refractivity contribution < 1.29 is 13.9 Å². The molecule has 2 N–H and O–H groups in total. The number of nitrogens with two attached hydrogens (primary N) is 1. The molecular weight excluding hydrogens is 369 g/mol. The SMILES string of the molecule is NC[C@@H]1CN(C(=O)C(c2cccc(F)c2)N2CCOCC2)C[C@H]1c1ccccc1. The zero-order chi connectivity index (χ0) is 20.2. The van der Waals surface area contributed by atoms with Crippen LogP contribution in [0.1, 0.15) is 23.1 Å². The molecule has 2 heterocycles. The van der Waals surface area contributed by atoms with Crippen LogP contribution in [-0.4, -0.2) is 61.6 Å². The highest BCUT2D eigenvalue weighted by molar-refractivity contribution is 5.84. The van der Waals surface area contributed by atoms with Crippen LogP contribution in [0, 0.1) is 11.7 Å². The van der Waals surface area contributed by atoms with Gasteiger partial charge in [0.2, 0.25) is 5.91 Å². The number of benzene rings is 2. The average Bonchev–Trinajstić information content (AvgIpc) is 3.20. The van der Waals surface area contributed by atoms with Gasteiger partial charge in [-0.1, -0.05) is 42.5 Å². The highest BCUT2D eigenvalue weighted by atomic mass is 19.1. The molecule has 2 aliphatic heterocycles. The summed E-state index contributed by atoms with van der Waals surface area (Å²) in [7, 11) is 0. The van der Waals surface area contributed by atoms with Crippen molar-refractivity contribution in [2.75, 3.05) is 45.9 Å². The van der Waals surface area contributed by atoms with Gasteiger partial charge in [0.05, 0.1) is 13.2 Å². The Morgan fingerprint density at radius 3 is 2.55 bits per heavy atom. The summed E-state index contributed by atoms with van der Waals surface area (Å²) < 4.78 is 19.4. The summed E-state index contributed by atoms with van der Waals surface area (Å²) in [6, 6.07) is 16.2. The Balaban J connectivity index is 1.60. The Kier molecular flexibility index (Phi) is 6.23. The number of hydrogen-bond acceptors (Lipinski definition) is 4. The van der Waals surface area contributed by atoms with Crippen molar-refractivity contribution in [3.8, 4) is 0 Å². The molecule has 0 radical (unpaired) electrons. The van der Waals surface area contributed by atoms with Gasteiger partial charge in [-0.2, -0.15) is 0 Å². The molecule has 0 saturated carbocycles. The Morgan fingerprint density at radius 1 is 1.10 bits per heavy atom. The molecule has 6 heteroatoms. The second kappa shape index (κ2) is 9.03. The first kappa shape index (κ1) is 20.0. The van der Waals surface area contributed by atoms with Gasteiger partial charge in [0.25, 0.3) is 0 Å². The van der Waals surface area contributed by atoms with Crippen molar-refractivity contribution in [1.82, 2.24) is 9.80 Å². The fraction of sp³-hybridized carbons (Fsp3) is 0.435. The van der Waals surface area contributed by atoms with Gasteiger partial charge in [0, 0.05) is 32.1 Å². The lowest BCUT2D eigenvalue weighted by Crippen LogP contribution is -2.46. The molecule has 0 spiro atoms. The average molecular weight is 397 g/mol. The third kappa shape index (κ3) is 4.34. The molecule has 2 saturated heterocycles. The van der Waals surface area contributed by atoms with Gasteiger partial charge in [0.15, 0.2) is 0 Å². The van der Waals surface area contributed by atoms with Gasteiger partial charge < -0.3 is 15.4 Å². The summed E-state index contributed by atoms with van der Waals surface area (Å²) in [5, 5.41) is 0. The van der Waals surface area contributed by atoms with E-state index in [0.29, 0.717) is 51.5 Å². The number of nitrogens with zero attached hydrogens (tertiary/aromatic N) is 2. The van der Waals surface area contributed by atoms with Gasteiger partial charge >= 0.3 is 0 Å². The minimum Gasteiger partial charge on any atom is -0.379 e. The first-order valence-electron chi connectivity index (χ1n) is 10.3. The number of hydrogen-bond donors (Lipinski definition) is 1. The van der Waals surface area contributed by atoms with Gasteiger partial charge in [-0.05, 0) is 35.7 Å². The summed E-state index contributed by atoms with van der Waals surface area (Å²) in [4.78, 5) is 17.7. The number of morpholine rings is 1. The zero-order valence-corrected chi connectivity index (χ0v) is 16.5. The minimum absolute atomic E-state index is 0.0226. The lowest BCUT2D eigenvalue weighted by Gasteiger charge is -2.36. The largest absolute Gasteiger partial charge is 0.379 e. The van der Waals surface area contributed by atoms with Crippen LogP contribution in [0.4, 0.5) is 4.39 Å². The van der Waals surface area contributed by atoms with Gasteiger partial charge in [-0.15, -0.1) is 0 Å². The molecule has 4 rings (SSSR count). The Hall–Kier alpha value is -2.28. The minimum atomic E-state index is -0.498. The van der Waals surface area contributed by atoms with Crippen molar-refractivity contribution in [3.63, 3.8) is 0 Å². The maximum atomic E-state index is 14.0. The number of ether oxygens (including phenoxy) is 1. The van der Waals surface area contributed by atoms with Crippen LogP contribution in [0.15, 0.2) is 54.6 Å². The summed E-state index contributed by atoms with van der Waals surface area (Å²) in [5.74, 6) is 0.147. The number of halogens is 1. The van der Waals surface area contributed by atoms with Crippen molar-refractivity contribution in [3.05, 3.63) is 71.5 Å². The highest BCUT2D eigenvalue weighted by Gasteiger charge is 2.40. The van der Waals surface area contributed by atoms with E-state index in [1.54, 1.807) is 6.07 Å². The zero-order valence-electron chi connectivity index (χ0n) is 16.5. The summed E-state index contributed by atoms with van der Waals surface area (Å²) >= 11 is 0. The third-order valence-electron chi connectivity index (χ3n) is 6.09. The second-order valence-corrected chi connectivity index (χ2v) is 7.86. The second-order valence-electron chi connectivity index (χ2n) is 7.86. The van der Waals surface area contributed by atoms with E-state index in [9.17, 15) is 9.18 Å². The van der Waals surface area contributed by atoms with Crippen LogP contribution in [0.5, 0.6) is 0 Å². The quantitative estimate of drug-likeness (QED) is 0.842. The topological polar surface area (TPSA) is 58.8 Å². The van der Waals surface area contributed by atoms with E-state index in [-0.39, 0.29) is 23.6 Å². The van der Waals surface area contributed by atoms with Crippen molar-refractivity contribution >= 4 is 5.91 Å². The molecule has 1 unspecified atom stereocenters. The monoisotopic (exact) mass is 397 g/mol. The third-order valence-corrected chi connectivity index (χ3v) is 6.09. The first-order chi connectivity index (χ1) is 14.2. The highest BCUT2D eigenvalue weighted by Crippen LogP contribution is 2.35. The fourth-order valence-electron chi connectivity index (χ4n) is 4.56. The van der Waals surface area contributed by atoms with Crippen LogP contribution >= 0.6 is 0 Å². The number of carbonyl (C=O) groups excluding carboxylic acids is 1. The van der Waals surface area contributed by atoms with E-state index in [4.69, 9.17) is 10.5 Å². The molecule has 0 bridgehead atoms. The molecule has 2 aliphatic rings. The molecule has 2 aromatic carbocycles. The van der Waals surface area contributed by atoms with E-state index in [1.807, 2.05) is 29.2 Å². The van der Waals surface area contributed by atoms with Crippen LogP contribution in [-0.2, 0) is 9.53 Å². The molecule has 5 nitrogen and oxygen atoms in total. The van der Waals surface area contributed by atoms with Crippen LogP contribution in [0.3, 0.4) is 0 Å². The lowest BCUT2D eigenvalue weighted by atomic mass is 9.89. The Bertz CT molecular complexity index is 826. The Labute approximate surface area is 171 Å². The Morgan fingerprint density at radius 2 is 1.86 bits per heavy atom. The standard InChI is InChI=1S/C23H28FN3O2/c24-20-8-4-7-18(13-20)22(26-9-11-29-12-10-26)23(28)27-15-19(14-25)21(16-27)17-5-2-1-3-6-17/h1-8,13,19,21-22H,9-12,14-16,25H2/t19-,21+,22?/m1/s1. The molecule has 0 aliphatic carbocycles. The molecule has 1 amide bonds. The first-order valence-corrected chi connectivity index (χ1v) is 10.3. The van der Waals surface area contributed by atoms with Gasteiger partial charge in [0.1, 0.15) is 11.9 Å². The van der Waals surface area contributed by atoms with Gasteiger partial charge in [-0.3, -0.25) is 9.69 Å². The number of rotatable bonds is 5. The van der Waals surface area contributed by atoms with Gasteiger partial charge in [-0.25, -0.2) is 4.39 Å². The smallest absolute Gasteiger partial charge is 0.244 e. The van der Waals surface area contributed by atoms with Crippen molar-refractivity contribution in [1.29, 1.82) is 0 Å². The summed E-state index contributed by atoms with van der Waals surface area (Å²) in [6.45, 7) is 4.28. The number of carbonyl (C=O) groups is 1. The van der Waals surface area contributed by atoms with Crippen molar-refractivity contribution in [2.24, 2.45) is 11.7 Å². The van der Waals surface area contributed by atoms with E-state index in [1.165, 1.54) is 17.7 Å². The maximum absolute atomic E-state index is 14.0. The normalized spacial score (nSPS) is 23.9. The van der Waals surface area contributed by atoms with E-state index < -0.39 is 6.04 Å². The fourth-order valence-corrected chi connectivity index (χ4v) is 4.56. The van der Waals surface area contributed by atoms with E-state index in [2.05, 4.69) is 17.0 Å². The molecular formula is C23H28FN3O2. The van der Waals surface area contributed by atoms with Crippen molar-refractivity contribution in [2.45, 2.75) is 12.0 Å². The molecule has 3 atom stereocenters. The predicted molar refractivity (Wildman–Crippen MR) is 110 cm³/mol. The molecule has 29 heavy (non-hydrogen) atoms. The van der Waals surface area contributed by atoms with E-state index >= 15 is 0 Å². The number of likely N-dealkylation sites (tertiary alicyclic amines) is 1. The summed E-state index contributed by atoms with van der Waals surface area (Å²) in [5.41, 5.74) is 7.97. The molecule has 2 aromatic rings. The van der Waals surface area contributed by atoms with Crippen LogP contribution in [0.25, 0.3) is 0 Å². The summed E-state index contributed by atoms with van der Waals surface area (Å²) in [6.07, 6.45) is 0. The maximum Gasteiger partial charge on any atom is 0.244 e. The lowest BCUT2D eigenvalue weighted by molar-refractivity contribution is -0.138. The molecule has 154 valence electrons. The van der Waals surface area contributed by atoms with Crippen LogP contribution in [0.2, 0.25) is 0 Å². The van der Waals surface area contributed by atoms with Crippen LogP contribution < -0.4 is 5.73 Å². The predicted octanol–water partition coefficient (Wildman–Crippen LogP) is 2.40. The van der Waals surface area contributed by atoms with E-state index in [0.717, 1.165) is 0 Å².